The van der Waals surface area contributed by atoms with Gasteiger partial charge >= 0.3 is 0 Å². The summed E-state index contributed by atoms with van der Waals surface area (Å²) in [7, 11) is 3.20. The molecule has 6 heteroatoms. The Bertz CT molecular complexity index is 1230. The molecule has 0 spiro atoms. The van der Waals surface area contributed by atoms with Gasteiger partial charge in [-0.1, -0.05) is 0 Å². The highest BCUT2D eigenvalue weighted by atomic mass is 16.5. The molecule has 0 saturated carbocycles. The molecule has 0 unspecified atom stereocenters. The predicted molar refractivity (Wildman–Crippen MR) is 136 cm³/mol. The topological polar surface area (TPSA) is 69.9 Å². The Balaban J connectivity index is 1.49. The van der Waals surface area contributed by atoms with Crippen LogP contribution in [0.3, 0.4) is 0 Å². The van der Waals surface area contributed by atoms with Gasteiger partial charge in [0, 0.05) is 19.0 Å². The Hall–Kier alpha value is -3.41. The van der Waals surface area contributed by atoms with Crippen molar-refractivity contribution in [3.63, 3.8) is 0 Å². The molecule has 1 amide bonds. The second kappa shape index (κ2) is 9.68. The van der Waals surface area contributed by atoms with E-state index in [1.54, 1.807) is 26.4 Å². The Morgan fingerprint density at radius 2 is 1.69 bits per heavy atom. The number of fused-ring (bicyclic) bond motifs is 1. The smallest absolute Gasteiger partial charge is 0.287 e. The molecule has 1 aromatic heterocycles. The molecule has 1 aliphatic rings. The molecule has 35 heavy (non-hydrogen) atoms. The lowest BCUT2D eigenvalue weighted by molar-refractivity contribution is 0.0833. The molecule has 0 aliphatic carbocycles. The van der Waals surface area contributed by atoms with E-state index in [2.05, 4.69) is 39.9 Å². The monoisotopic (exact) mass is 477 g/mol. The van der Waals surface area contributed by atoms with Crippen LogP contribution in [-0.4, -0.2) is 25.7 Å². The highest BCUT2D eigenvalue weighted by Crippen LogP contribution is 2.41. The third-order valence-corrected chi connectivity index (χ3v) is 6.99. The van der Waals surface area contributed by atoms with Gasteiger partial charge in [0.25, 0.3) is 5.91 Å². The van der Waals surface area contributed by atoms with Gasteiger partial charge in [-0.3, -0.25) is 4.79 Å². The summed E-state index contributed by atoms with van der Waals surface area (Å²) in [5.74, 6) is 3.19. The number of methoxy groups -OCH3 is 2. The molecule has 2 heterocycles. The van der Waals surface area contributed by atoms with Crippen LogP contribution in [0.4, 0.5) is 0 Å². The van der Waals surface area contributed by atoms with Crippen LogP contribution >= 0.6 is 0 Å². The van der Waals surface area contributed by atoms with E-state index in [4.69, 9.17) is 18.6 Å². The second-order valence-corrected chi connectivity index (χ2v) is 9.87. The molecule has 3 aromatic rings. The first kappa shape index (κ1) is 24.7. The third kappa shape index (κ3) is 5.16. The molecule has 0 radical (unpaired) electrons. The van der Waals surface area contributed by atoms with Crippen molar-refractivity contribution in [3.8, 4) is 17.2 Å². The largest absolute Gasteiger partial charge is 0.497 e. The molecular formula is C29H35NO5. The zero-order valence-corrected chi connectivity index (χ0v) is 21.8. The highest BCUT2D eigenvalue weighted by molar-refractivity contribution is 5.91. The normalized spacial score (nSPS) is 14.1. The number of hydrogen-bond acceptors (Lipinski definition) is 5. The van der Waals surface area contributed by atoms with Gasteiger partial charge in [0.2, 0.25) is 0 Å². The van der Waals surface area contributed by atoms with Crippen molar-refractivity contribution in [2.24, 2.45) is 0 Å². The Morgan fingerprint density at radius 3 is 2.34 bits per heavy atom. The Labute approximate surface area is 207 Å². The van der Waals surface area contributed by atoms with E-state index in [1.807, 2.05) is 18.2 Å². The van der Waals surface area contributed by atoms with Gasteiger partial charge in [-0.2, -0.15) is 0 Å². The Morgan fingerprint density at radius 1 is 1.00 bits per heavy atom. The maximum Gasteiger partial charge on any atom is 0.287 e. The summed E-state index contributed by atoms with van der Waals surface area (Å²) in [4.78, 5) is 12.7. The summed E-state index contributed by atoms with van der Waals surface area (Å²) in [6.07, 6.45) is 2.63. The van der Waals surface area contributed by atoms with Crippen LogP contribution in [0.15, 0.2) is 34.7 Å². The maximum atomic E-state index is 12.7. The minimum absolute atomic E-state index is 0.141. The van der Waals surface area contributed by atoms with Crippen LogP contribution in [0.25, 0.3) is 0 Å². The zero-order chi connectivity index (χ0) is 25.3. The lowest BCUT2D eigenvalue weighted by Crippen LogP contribution is -2.33. The van der Waals surface area contributed by atoms with E-state index in [9.17, 15) is 4.79 Å². The molecule has 0 saturated heterocycles. The summed E-state index contributed by atoms with van der Waals surface area (Å²) in [6.45, 7) is 11.1. The number of amides is 1. The van der Waals surface area contributed by atoms with Gasteiger partial charge in [0.05, 0.1) is 14.2 Å². The first-order valence-corrected chi connectivity index (χ1v) is 12.0. The highest BCUT2D eigenvalue weighted by Gasteiger charge is 2.30. The van der Waals surface area contributed by atoms with E-state index in [0.717, 1.165) is 29.9 Å². The van der Waals surface area contributed by atoms with E-state index < -0.39 is 0 Å². The standard InChI is InChI=1S/C29H35NO5/c1-17-18(2)27-24(10-11-29(4,5)35-27)19(3)25(17)15-21-8-9-26(34-21)28(31)30-16-20-12-22(32-6)14-23(13-20)33-7/h8-9,12-14H,10-11,15-16H2,1-7H3,(H,30,31). The maximum absolute atomic E-state index is 12.7. The average Bonchev–Trinajstić information content (AvgIpc) is 3.31. The molecule has 4 rings (SSSR count). The van der Waals surface area contributed by atoms with Gasteiger partial charge in [0.15, 0.2) is 5.76 Å². The summed E-state index contributed by atoms with van der Waals surface area (Å²) >= 11 is 0. The van der Waals surface area contributed by atoms with Crippen molar-refractivity contribution in [1.82, 2.24) is 5.32 Å². The number of ether oxygens (including phenoxy) is 3. The van der Waals surface area contributed by atoms with Crippen LogP contribution in [0.5, 0.6) is 17.2 Å². The molecule has 0 atom stereocenters. The molecule has 6 nitrogen and oxygen atoms in total. The number of carbonyl (C=O) groups excluding carboxylic acids is 1. The van der Waals surface area contributed by atoms with Crippen LogP contribution in [0.1, 0.15) is 70.0 Å². The van der Waals surface area contributed by atoms with Crippen LogP contribution in [0, 0.1) is 20.8 Å². The van der Waals surface area contributed by atoms with E-state index >= 15 is 0 Å². The molecule has 2 aromatic carbocycles. The Kier molecular flexibility index (Phi) is 6.84. The predicted octanol–water partition coefficient (Wildman–Crippen LogP) is 5.85. The number of nitrogens with one attached hydrogen (secondary N) is 1. The quantitative estimate of drug-likeness (QED) is 0.462. The van der Waals surface area contributed by atoms with E-state index in [0.29, 0.717) is 30.2 Å². The fourth-order valence-electron chi connectivity index (χ4n) is 4.72. The molecule has 1 aliphatic heterocycles. The minimum Gasteiger partial charge on any atom is -0.497 e. The summed E-state index contributed by atoms with van der Waals surface area (Å²) in [6, 6.07) is 9.15. The molecular weight excluding hydrogens is 442 g/mol. The van der Waals surface area contributed by atoms with Gasteiger partial charge in [-0.25, -0.2) is 0 Å². The zero-order valence-electron chi connectivity index (χ0n) is 21.8. The molecule has 186 valence electrons. The fourth-order valence-corrected chi connectivity index (χ4v) is 4.72. The van der Waals surface area contributed by atoms with E-state index in [-0.39, 0.29) is 11.5 Å². The number of benzene rings is 2. The van der Waals surface area contributed by atoms with Crippen molar-refractivity contribution in [2.75, 3.05) is 14.2 Å². The van der Waals surface area contributed by atoms with Gasteiger partial charge in [-0.15, -0.1) is 0 Å². The van der Waals surface area contributed by atoms with Crippen molar-refractivity contribution in [3.05, 3.63) is 75.2 Å². The minimum atomic E-state index is -0.260. The summed E-state index contributed by atoms with van der Waals surface area (Å²) in [5.41, 5.74) is 6.93. The average molecular weight is 478 g/mol. The van der Waals surface area contributed by atoms with Crippen molar-refractivity contribution < 1.29 is 23.4 Å². The number of hydrogen-bond donors (Lipinski definition) is 1. The number of furan rings is 1. The number of rotatable bonds is 7. The van der Waals surface area contributed by atoms with Gasteiger partial charge < -0.3 is 23.9 Å². The first-order chi connectivity index (χ1) is 16.6. The van der Waals surface area contributed by atoms with Crippen LogP contribution in [0.2, 0.25) is 0 Å². The van der Waals surface area contributed by atoms with Crippen molar-refractivity contribution in [2.45, 2.75) is 66.0 Å². The van der Waals surface area contributed by atoms with Crippen LogP contribution < -0.4 is 19.5 Å². The van der Waals surface area contributed by atoms with Gasteiger partial charge in [0.1, 0.15) is 28.6 Å². The molecule has 0 bridgehead atoms. The van der Waals surface area contributed by atoms with Gasteiger partial charge in [-0.05, 0) is 105 Å². The second-order valence-electron chi connectivity index (χ2n) is 9.87. The lowest BCUT2D eigenvalue weighted by atomic mass is 9.84. The van der Waals surface area contributed by atoms with Crippen molar-refractivity contribution in [1.29, 1.82) is 0 Å². The fraction of sp³-hybridized carbons (Fsp3) is 0.414. The SMILES string of the molecule is COc1cc(CNC(=O)c2ccc(Cc3c(C)c(C)c4c(c3C)CCC(C)(C)O4)o2)cc(OC)c1. The van der Waals surface area contributed by atoms with Crippen molar-refractivity contribution >= 4 is 5.91 Å². The third-order valence-electron chi connectivity index (χ3n) is 6.99. The summed E-state index contributed by atoms with van der Waals surface area (Å²) in [5, 5.41) is 2.92. The van der Waals surface area contributed by atoms with Crippen LogP contribution in [-0.2, 0) is 19.4 Å². The summed E-state index contributed by atoms with van der Waals surface area (Å²) < 4.78 is 22.9. The first-order valence-electron chi connectivity index (χ1n) is 12.0. The molecule has 0 fully saturated rings. The molecule has 1 N–H and O–H groups in total. The number of carbonyl (C=O) groups is 1. The van der Waals surface area contributed by atoms with E-state index in [1.165, 1.54) is 27.8 Å². The lowest BCUT2D eigenvalue weighted by Gasteiger charge is -2.35.